The van der Waals surface area contributed by atoms with Gasteiger partial charge in [0, 0.05) is 5.70 Å². The Labute approximate surface area is 140 Å². The third-order valence-electron chi connectivity index (χ3n) is 3.90. The Hall–Kier alpha value is -2.40. The molecule has 0 aromatic heterocycles. The molecule has 1 aliphatic rings. The number of esters is 1. The van der Waals surface area contributed by atoms with Crippen LogP contribution in [0.5, 0.6) is 0 Å². The van der Waals surface area contributed by atoms with Crippen molar-refractivity contribution in [2.75, 3.05) is 6.61 Å². The van der Waals surface area contributed by atoms with Crippen molar-refractivity contribution in [2.45, 2.75) is 19.9 Å². The van der Waals surface area contributed by atoms with E-state index < -0.39 is 0 Å². The lowest BCUT2D eigenvalue weighted by Gasteiger charge is -2.30. The molecule has 2 aromatic carbocycles. The number of ether oxygens (including phenoxy) is 1. The summed E-state index contributed by atoms with van der Waals surface area (Å²) in [6, 6.07) is 13.8. The number of allylic oxidation sites excluding steroid dienone is 1. The lowest BCUT2D eigenvalue weighted by Crippen LogP contribution is -2.45. The molecule has 2 aromatic rings. The molecule has 5 heteroatoms. The maximum absolute atomic E-state index is 12.4. The molecular weight excluding hydrogens is 308 g/mol. The van der Waals surface area contributed by atoms with Crippen LogP contribution in [-0.2, 0) is 9.53 Å². The normalized spacial score (nSPS) is 17.7. The number of carbonyl (C=O) groups excluding carboxylic acids is 1. The zero-order valence-corrected chi connectivity index (χ0v) is 13.9. The lowest BCUT2D eigenvalue weighted by molar-refractivity contribution is -0.139. The Balaban J connectivity index is 2.16. The molecular formula is C18H18N2O2S. The van der Waals surface area contributed by atoms with Crippen LogP contribution in [0.4, 0.5) is 0 Å². The SMILES string of the molecule is CCOC(=O)C1=C(C)NC(=S)N[C@@H]1c1cccc2ccccc12. The summed E-state index contributed by atoms with van der Waals surface area (Å²) in [6.07, 6.45) is 0. The number of rotatable bonds is 3. The van der Waals surface area contributed by atoms with E-state index in [0.29, 0.717) is 17.3 Å². The van der Waals surface area contributed by atoms with Crippen molar-refractivity contribution in [3.63, 3.8) is 0 Å². The predicted molar refractivity (Wildman–Crippen MR) is 94.9 cm³/mol. The first kappa shape index (κ1) is 15.5. The summed E-state index contributed by atoms with van der Waals surface area (Å²) in [5, 5.41) is 8.94. The van der Waals surface area contributed by atoms with Gasteiger partial charge in [0.25, 0.3) is 0 Å². The van der Waals surface area contributed by atoms with Gasteiger partial charge in [0.05, 0.1) is 18.2 Å². The summed E-state index contributed by atoms with van der Waals surface area (Å²) in [6.45, 7) is 3.98. The van der Waals surface area contributed by atoms with Crippen molar-refractivity contribution in [1.82, 2.24) is 10.6 Å². The molecule has 0 unspecified atom stereocenters. The Morgan fingerprint density at radius 1 is 1.22 bits per heavy atom. The minimum Gasteiger partial charge on any atom is -0.463 e. The first-order valence-electron chi connectivity index (χ1n) is 7.55. The molecule has 3 rings (SSSR count). The molecule has 0 amide bonds. The summed E-state index contributed by atoms with van der Waals surface area (Å²) in [5.74, 6) is -0.328. The van der Waals surface area contributed by atoms with Crippen molar-refractivity contribution in [3.05, 3.63) is 59.3 Å². The second-order valence-electron chi connectivity index (χ2n) is 5.36. The van der Waals surface area contributed by atoms with Gasteiger partial charge in [0.2, 0.25) is 0 Å². The molecule has 0 radical (unpaired) electrons. The molecule has 1 atom stereocenters. The molecule has 0 saturated heterocycles. The van der Waals surface area contributed by atoms with Gasteiger partial charge >= 0.3 is 5.97 Å². The standard InChI is InChI=1S/C18H18N2O2S/c1-3-22-17(21)15-11(2)19-18(23)20-16(15)14-10-6-8-12-7-4-5-9-13(12)14/h4-10,16H,3H2,1-2H3,(H2,19,20,23)/t16-/m1/s1. The van der Waals surface area contributed by atoms with Gasteiger partial charge in [-0.25, -0.2) is 4.79 Å². The minimum absolute atomic E-state index is 0.325. The zero-order chi connectivity index (χ0) is 16.4. The smallest absolute Gasteiger partial charge is 0.338 e. The summed E-state index contributed by atoms with van der Waals surface area (Å²) >= 11 is 5.28. The highest BCUT2D eigenvalue weighted by Crippen LogP contribution is 2.32. The highest BCUT2D eigenvalue weighted by Gasteiger charge is 2.31. The molecule has 0 fully saturated rings. The van der Waals surface area contributed by atoms with Gasteiger partial charge in [0.15, 0.2) is 5.11 Å². The van der Waals surface area contributed by atoms with Gasteiger partial charge in [-0.1, -0.05) is 42.5 Å². The summed E-state index contributed by atoms with van der Waals surface area (Å²) in [7, 11) is 0. The lowest BCUT2D eigenvalue weighted by atomic mass is 9.91. The molecule has 0 aliphatic carbocycles. The summed E-state index contributed by atoms with van der Waals surface area (Å²) in [4.78, 5) is 12.4. The molecule has 0 bridgehead atoms. The number of benzene rings is 2. The fraction of sp³-hybridized carbons (Fsp3) is 0.222. The van der Waals surface area contributed by atoms with Gasteiger partial charge in [-0.3, -0.25) is 0 Å². The van der Waals surface area contributed by atoms with Crippen molar-refractivity contribution in [1.29, 1.82) is 0 Å². The summed E-state index contributed by atoms with van der Waals surface area (Å²) < 4.78 is 5.23. The fourth-order valence-corrected chi connectivity index (χ4v) is 3.18. The second-order valence-corrected chi connectivity index (χ2v) is 5.77. The van der Waals surface area contributed by atoms with Crippen LogP contribution in [0.1, 0.15) is 25.5 Å². The highest BCUT2D eigenvalue weighted by molar-refractivity contribution is 7.80. The van der Waals surface area contributed by atoms with Crippen LogP contribution in [0.2, 0.25) is 0 Å². The van der Waals surface area contributed by atoms with E-state index >= 15 is 0 Å². The van der Waals surface area contributed by atoms with Crippen molar-refractivity contribution >= 4 is 34.1 Å². The van der Waals surface area contributed by atoms with Crippen LogP contribution in [0.3, 0.4) is 0 Å². The molecule has 23 heavy (non-hydrogen) atoms. The van der Waals surface area contributed by atoms with E-state index in [2.05, 4.69) is 28.8 Å². The van der Waals surface area contributed by atoms with Crippen LogP contribution in [0.25, 0.3) is 10.8 Å². The van der Waals surface area contributed by atoms with Gasteiger partial charge in [-0.05, 0) is 42.4 Å². The van der Waals surface area contributed by atoms with Gasteiger partial charge < -0.3 is 15.4 Å². The maximum Gasteiger partial charge on any atom is 0.338 e. The van der Waals surface area contributed by atoms with Gasteiger partial charge in [-0.2, -0.15) is 0 Å². The van der Waals surface area contributed by atoms with Gasteiger partial charge in [0.1, 0.15) is 0 Å². The number of hydrogen-bond acceptors (Lipinski definition) is 3. The van der Waals surface area contributed by atoms with Gasteiger partial charge in [-0.15, -0.1) is 0 Å². The summed E-state index contributed by atoms with van der Waals surface area (Å²) in [5.41, 5.74) is 2.30. The van der Waals surface area contributed by atoms with E-state index in [0.717, 1.165) is 22.0 Å². The van der Waals surface area contributed by atoms with Crippen LogP contribution >= 0.6 is 12.2 Å². The highest BCUT2D eigenvalue weighted by atomic mass is 32.1. The quantitative estimate of drug-likeness (QED) is 0.670. The van der Waals surface area contributed by atoms with E-state index in [4.69, 9.17) is 17.0 Å². The van der Waals surface area contributed by atoms with Crippen LogP contribution < -0.4 is 10.6 Å². The monoisotopic (exact) mass is 326 g/mol. The van der Waals surface area contributed by atoms with Crippen molar-refractivity contribution in [2.24, 2.45) is 0 Å². The number of thiocarbonyl (C=S) groups is 1. The predicted octanol–water partition coefficient (Wildman–Crippen LogP) is 3.20. The molecule has 4 nitrogen and oxygen atoms in total. The minimum atomic E-state index is -0.328. The molecule has 0 spiro atoms. The van der Waals surface area contributed by atoms with Crippen molar-refractivity contribution in [3.8, 4) is 0 Å². The Kier molecular flexibility index (Phi) is 4.30. The average molecular weight is 326 g/mol. The van der Waals surface area contributed by atoms with Crippen LogP contribution in [0.15, 0.2) is 53.7 Å². The average Bonchev–Trinajstić information content (AvgIpc) is 2.53. The third kappa shape index (κ3) is 2.92. The zero-order valence-electron chi connectivity index (χ0n) is 13.1. The third-order valence-corrected chi connectivity index (χ3v) is 4.12. The molecule has 2 N–H and O–H groups in total. The van der Waals surface area contributed by atoms with E-state index in [-0.39, 0.29) is 12.0 Å². The number of fused-ring (bicyclic) bond motifs is 1. The Morgan fingerprint density at radius 3 is 2.74 bits per heavy atom. The number of carbonyl (C=O) groups is 1. The Bertz CT molecular complexity index is 808. The topological polar surface area (TPSA) is 50.4 Å². The van der Waals surface area contributed by atoms with Crippen molar-refractivity contribution < 1.29 is 9.53 Å². The van der Waals surface area contributed by atoms with E-state index in [1.165, 1.54) is 0 Å². The fourth-order valence-electron chi connectivity index (χ4n) is 2.91. The van der Waals surface area contributed by atoms with E-state index in [9.17, 15) is 4.79 Å². The first-order valence-corrected chi connectivity index (χ1v) is 7.95. The maximum atomic E-state index is 12.4. The number of hydrogen-bond donors (Lipinski definition) is 2. The van der Waals surface area contributed by atoms with Crippen LogP contribution in [-0.4, -0.2) is 17.7 Å². The first-order chi connectivity index (χ1) is 11.1. The molecule has 1 heterocycles. The van der Waals surface area contributed by atoms with E-state index in [1.807, 2.05) is 31.2 Å². The van der Waals surface area contributed by atoms with E-state index in [1.54, 1.807) is 6.92 Å². The second kappa shape index (κ2) is 6.38. The van der Waals surface area contributed by atoms with Crippen LogP contribution in [0, 0.1) is 0 Å². The molecule has 1 aliphatic heterocycles. The largest absolute Gasteiger partial charge is 0.463 e. The molecule has 118 valence electrons. The number of nitrogens with one attached hydrogen (secondary N) is 2. The molecule has 0 saturated carbocycles. The Morgan fingerprint density at radius 2 is 1.96 bits per heavy atom.